The van der Waals surface area contributed by atoms with Crippen molar-refractivity contribution >= 4 is 11.2 Å². The molecule has 2 heterocycles. The third-order valence-corrected chi connectivity index (χ3v) is 2.77. The monoisotopic (exact) mass is 240 g/mol. The quantitative estimate of drug-likeness (QED) is 0.701. The van der Waals surface area contributed by atoms with Gasteiger partial charge in [0.1, 0.15) is 6.33 Å². The minimum atomic E-state index is 0.549. The minimum Gasteiger partial charge on any atom is -0.479 e. The lowest BCUT2D eigenvalue weighted by Crippen LogP contribution is -2.00. The van der Waals surface area contributed by atoms with Gasteiger partial charge in [-0.1, -0.05) is 30.3 Å². The molecule has 90 valence electrons. The second kappa shape index (κ2) is 4.44. The summed E-state index contributed by atoms with van der Waals surface area (Å²) >= 11 is 0. The van der Waals surface area contributed by atoms with Gasteiger partial charge in [0.15, 0.2) is 11.2 Å². The Hall–Kier alpha value is -2.43. The molecule has 0 amide bonds. The number of fused-ring (bicyclic) bond motifs is 1. The smallest absolute Gasteiger partial charge is 0.243 e. The topological polar surface area (TPSA) is 52.8 Å². The summed E-state index contributed by atoms with van der Waals surface area (Å²) in [6, 6.07) is 10.2. The highest BCUT2D eigenvalue weighted by molar-refractivity contribution is 5.76. The standard InChI is InChI=1S/C13H12N4O/c1-18-13-11-12(14-8-15-13)16-9-17(11)7-10-5-3-2-4-6-10/h2-6,8-9H,7H2,1H3. The van der Waals surface area contributed by atoms with Crippen LogP contribution in [0.4, 0.5) is 0 Å². The molecule has 0 aliphatic rings. The molecule has 18 heavy (non-hydrogen) atoms. The Morgan fingerprint density at radius 2 is 1.94 bits per heavy atom. The van der Waals surface area contributed by atoms with Crippen molar-refractivity contribution in [2.24, 2.45) is 0 Å². The summed E-state index contributed by atoms with van der Waals surface area (Å²) in [4.78, 5) is 12.5. The van der Waals surface area contributed by atoms with Gasteiger partial charge in [0.2, 0.25) is 5.88 Å². The van der Waals surface area contributed by atoms with Gasteiger partial charge in [-0.2, -0.15) is 4.98 Å². The Morgan fingerprint density at radius 1 is 1.11 bits per heavy atom. The van der Waals surface area contributed by atoms with Crippen molar-refractivity contribution in [2.75, 3.05) is 7.11 Å². The molecular formula is C13H12N4O. The molecule has 5 nitrogen and oxygen atoms in total. The highest BCUT2D eigenvalue weighted by Gasteiger charge is 2.10. The lowest BCUT2D eigenvalue weighted by atomic mass is 10.2. The summed E-state index contributed by atoms with van der Waals surface area (Å²) in [6.07, 6.45) is 3.22. The maximum absolute atomic E-state index is 5.25. The van der Waals surface area contributed by atoms with Gasteiger partial charge in [0.05, 0.1) is 13.4 Å². The number of hydrogen-bond donors (Lipinski definition) is 0. The predicted octanol–water partition coefficient (Wildman–Crippen LogP) is 1.88. The zero-order valence-corrected chi connectivity index (χ0v) is 9.95. The fraction of sp³-hybridized carbons (Fsp3) is 0.154. The largest absolute Gasteiger partial charge is 0.479 e. The number of nitrogens with zero attached hydrogens (tertiary/aromatic N) is 4. The van der Waals surface area contributed by atoms with Crippen LogP contribution in [0.25, 0.3) is 11.2 Å². The van der Waals surface area contributed by atoms with E-state index in [-0.39, 0.29) is 0 Å². The molecule has 0 saturated heterocycles. The Morgan fingerprint density at radius 3 is 2.72 bits per heavy atom. The van der Waals surface area contributed by atoms with Crippen LogP contribution in [0.3, 0.4) is 0 Å². The zero-order chi connectivity index (χ0) is 12.4. The number of rotatable bonds is 3. The summed E-state index contributed by atoms with van der Waals surface area (Å²) in [7, 11) is 1.60. The van der Waals surface area contributed by atoms with Gasteiger partial charge in [-0.15, -0.1) is 0 Å². The van der Waals surface area contributed by atoms with E-state index < -0.39 is 0 Å². The average Bonchev–Trinajstić information content (AvgIpc) is 2.83. The lowest BCUT2D eigenvalue weighted by molar-refractivity contribution is 0.400. The average molecular weight is 240 g/mol. The molecule has 0 N–H and O–H groups in total. The van der Waals surface area contributed by atoms with Crippen molar-refractivity contribution in [3.63, 3.8) is 0 Å². The SMILES string of the molecule is COc1ncnc2ncn(Cc3ccccc3)c12. The third-order valence-electron chi connectivity index (χ3n) is 2.77. The van der Waals surface area contributed by atoms with Crippen molar-refractivity contribution < 1.29 is 4.74 Å². The predicted molar refractivity (Wildman–Crippen MR) is 67.4 cm³/mol. The van der Waals surface area contributed by atoms with Gasteiger partial charge < -0.3 is 9.30 Å². The highest BCUT2D eigenvalue weighted by Crippen LogP contribution is 2.20. The van der Waals surface area contributed by atoms with Crippen LogP contribution >= 0.6 is 0 Å². The molecule has 0 fully saturated rings. The van der Waals surface area contributed by atoms with E-state index in [9.17, 15) is 0 Å². The first-order valence-corrected chi connectivity index (χ1v) is 5.62. The van der Waals surface area contributed by atoms with Gasteiger partial charge in [-0.05, 0) is 5.56 Å². The molecule has 0 saturated carbocycles. The van der Waals surface area contributed by atoms with Crippen LogP contribution in [0.1, 0.15) is 5.56 Å². The van der Waals surface area contributed by atoms with Gasteiger partial charge >= 0.3 is 0 Å². The first-order valence-electron chi connectivity index (χ1n) is 5.62. The van der Waals surface area contributed by atoms with Crippen molar-refractivity contribution in [1.82, 2.24) is 19.5 Å². The second-order valence-electron chi connectivity index (χ2n) is 3.91. The van der Waals surface area contributed by atoms with E-state index in [0.29, 0.717) is 11.5 Å². The Labute approximate surface area is 104 Å². The highest BCUT2D eigenvalue weighted by atomic mass is 16.5. The van der Waals surface area contributed by atoms with Crippen molar-refractivity contribution in [3.05, 3.63) is 48.5 Å². The van der Waals surface area contributed by atoms with E-state index >= 15 is 0 Å². The minimum absolute atomic E-state index is 0.549. The van der Waals surface area contributed by atoms with Crippen molar-refractivity contribution in [2.45, 2.75) is 6.54 Å². The van der Waals surface area contributed by atoms with Crippen LogP contribution in [0.5, 0.6) is 5.88 Å². The maximum atomic E-state index is 5.25. The summed E-state index contributed by atoms with van der Waals surface area (Å²) in [5.74, 6) is 0.549. The molecule has 3 rings (SSSR count). The number of ether oxygens (including phenoxy) is 1. The number of methoxy groups -OCH3 is 1. The summed E-state index contributed by atoms with van der Waals surface area (Å²) in [5.41, 5.74) is 2.67. The van der Waals surface area contributed by atoms with E-state index in [4.69, 9.17) is 4.74 Å². The normalized spacial score (nSPS) is 10.7. The number of aromatic nitrogens is 4. The number of hydrogen-bond acceptors (Lipinski definition) is 4. The van der Waals surface area contributed by atoms with E-state index in [1.54, 1.807) is 13.4 Å². The molecule has 0 spiro atoms. The van der Waals surface area contributed by atoms with Gasteiger partial charge in [-0.25, -0.2) is 9.97 Å². The molecule has 0 aliphatic heterocycles. The van der Waals surface area contributed by atoms with Crippen LogP contribution < -0.4 is 4.74 Å². The van der Waals surface area contributed by atoms with E-state index in [1.807, 2.05) is 22.8 Å². The number of benzene rings is 1. The summed E-state index contributed by atoms with van der Waals surface area (Å²) < 4.78 is 7.24. The molecule has 3 aromatic rings. The summed E-state index contributed by atoms with van der Waals surface area (Å²) in [5, 5.41) is 0. The number of imidazole rings is 1. The molecule has 2 aromatic heterocycles. The molecule has 0 unspecified atom stereocenters. The van der Waals surface area contributed by atoms with Crippen LogP contribution in [0.15, 0.2) is 43.0 Å². The van der Waals surface area contributed by atoms with Gasteiger partial charge in [0.25, 0.3) is 0 Å². The Kier molecular flexibility index (Phi) is 2.64. The van der Waals surface area contributed by atoms with Crippen LogP contribution in [0, 0.1) is 0 Å². The lowest BCUT2D eigenvalue weighted by Gasteiger charge is -2.06. The molecule has 5 heteroatoms. The van der Waals surface area contributed by atoms with E-state index in [2.05, 4.69) is 27.1 Å². The molecule has 0 radical (unpaired) electrons. The molecule has 0 aliphatic carbocycles. The van der Waals surface area contributed by atoms with Crippen LogP contribution in [-0.2, 0) is 6.54 Å². The summed E-state index contributed by atoms with van der Waals surface area (Å²) in [6.45, 7) is 0.723. The second-order valence-corrected chi connectivity index (χ2v) is 3.91. The van der Waals surface area contributed by atoms with Crippen molar-refractivity contribution in [3.8, 4) is 5.88 Å². The first-order chi connectivity index (χ1) is 8.88. The van der Waals surface area contributed by atoms with E-state index in [1.165, 1.54) is 11.9 Å². The first kappa shape index (κ1) is 10.7. The molecule has 0 atom stereocenters. The van der Waals surface area contributed by atoms with Crippen LogP contribution in [0.2, 0.25) is 0 Å². The molecular weight excluding hydrogens is 228 g/mol. The molecule has 1 aromatic carbocycles. The maximum Gasteiger partial charge on any atom is 0.243 e. The molecule has 0 bridgehead atoms. The van der Waals surface area contributed by atoms with Gasteiger partial charge in [-0.3, -0.25) is 0 Å². The Bertz CT molecular complexity index is 663. The Balaban J connectivity index is 2.07. The third kappa shape index (κ3) is 1.79. The van der Waals surface area contributed by atoms with Crippen LogP contribution in [-0.4, -0.2) is 26.6 Å². The van der Waals surface area contributed by atoms with Crippen molar-refractivity contribution in [1.29, 1.82) is 0 Å². The fourth-order valence-electron chi connectivity index (χ4n) is 1.93. The van der Waals surface area contributed by atoms with Gasteiger partial charge in [0, 0.05) is 6.54 Å². The van der Waals surface area contributed by atoms with E-state index in [0.717, 1.165) is 12.1 Å². The zero-order valence-electron chi connectivity index (χ0n) is 9.95. The fourth-order valence-corrected chi connectivity index (χ4v) is 1.93.